The van der Waals surface area contributed by atoms with Gasteiger partial charge in [-0.1, -0.05) is 53.3 Å². The summed E-state index contributed by atoms with van der Waals surface area (Å²) in [6.45, 7) is 21.2. The number of benzene rings is 1. The summed E-state index contributed by atoms with van der Waals surface area (Å²) in [4.78, 5) is 2.11. The van der Waals surface area contributed by atoms with Crippen molar-refractivity contribution in [2.24, 2.45) is 28.4 Å². The van der Waals surface area contributed by atoms with Crippen LogP contribution >= 0.6 is 0 Å². The van der Waals surface area contributed by atoms with E-state index in [1.165, 1.54) is 0 Å². The summed E-state index contributed by atoms with van der Waals surface area (Å²) < 4.78 is 0. The number of fused-ring (bicyclic) bond motifs is 3. The average molecular weight is 519 g/mol. The average Bonchev–Trinajstić information content (AvgIpc) is 2.83. The Balaban J connectivity index is 1.96. The Morgan fingerprint density at radius 3 is 2.34 bits per heavy atom. The molecule has 3 aliphatic carbocycles. The molecule has 38 heavy (non-hydrogen) atoms. The van der Waals surface area contributed by atoms with Crippen LogP contribution < -0.4 is 10.6 Å². The van der Waals surface area contributed by atoms with Crippen LogP contribution in [0.15, 0.2) is 59.7 Å². The molecule has 0 aromatic heterocycles. The number of aliphatic hydroxyl groups excluding tert-OH is 2. The number of phenols is 1. The SMILES string of the molecule is C=C(N)C1=C(O)C(CC)[C@]2(C)C[C@@H]3Cc4c(N(C)C)cc(CCCCC)c(O)c4C(=C)C3=C(O)[C@]2(C)C1=C. The number of aromatic hydroxyl groups is 1. The summed E-state index contributed by atoms with van der Waals surface area (Å²) in [7, 11) is 4.07. The lowest BCUT2D eigenvalue weighted by atomic mass is 9.44. The van der Waals surface area contributed by atoms with E-state index >= 15 is 0 Å². The van der Waals surface area contributed by atoms with Crippen LogP contribution in [0.5, 0.6) is 5.75 Å². The quantitative estimate of drug-likeness (QED) is 0.281. The minimum Gasteiger partial charge on any atom is -0.511 e. The molecular weight excluding hydrogens is 472 g/mol. The maximum absolute atomic E-state index is 12.2. The molecule has 0 bridgehead atoms. The minimum absolute atomic E-state index is 0.00519. The van der Waals surface area contributed by atoms with Gasteiger partial charge in [0.25, 0.3) is 0 Å². The Morgan fingerprint density at radius 1 is 1.13 bits per heavy atom. The van der Waals surface area contributed by atoms with Gasteiger partial charge in [0.05, 0.1) is 5.41 Å². The molecule has 1 aromatic carbocycles. The van der Waals surface area contributed by atoms with Crippen molar-refractivity contribution in [2.75, 3.05) is 19.0 Å². The van der Waals surface area contributed by atoms with Crippen LogP contribution in [0.25, 0.3) is 5.57 Å². The zero-order valence-corrected chi connectivity index (χ0v) is 24.2. The summed E-state index contributed by atoms with van der Waals surface area (Å²) in [5.74, 6) is 0.513. The first-order chi connectivity index (χ1) is 17.8. The number of aliphatic hydroxyl groups is 2. The van der Waals surface area contributed by atoms with Gasteiger partial charge < -0.3 is 26.0 Å². The van der Waals surface area contributed by atoms with Crippen LogP contribution in [0, 0.1) is 22.7 Å². The predicted octanol–water partition coefficient (Wildman–Crippen LogP) is 7.49. The second-order valence-electron chi connectivity index (χ2n) is 12.2. The third-order valence-electron chi connectivity index (χ3n) is 10.0. The lowest BCUT2D eigenvalue weighted by Crippen LogP contribution is -2.54. The number of nitrogens with two attached hydrogens (primary N) is 1. The zero-order chi connectivity index (χ0) is 28.3. The molecule has 0 aliphatic heterocycles. The highest BCUT2D eigenvalue weighted by atomic mass is 16.3. The van der Waals surface area contributed by atoms with E-state index in [0.29, 0.717) is 29.6 Å². The van der Waals surface area contributed by atoms with Crippen LogP contribution in [-0.4, -0.2) is 29.4 Å². The smallest absolute Gasteiger partial charge is 0.127 e. The van der Waals surface area contributed by atoms with Crippen molar-refractivity contribution in [3.63, 3.8) is 0 Å². The van der Waals surface area contributed by atoms with E-state index < -0.39 is 10.8 Å². The van der Waals surface area contributed by atoms with E-state index in [9.17, 15) is 15.3 Å². The van der Waals surface area contributed by atoms with Gasteiger partial charge in [-0.05, 0) is 78.7 Å². The van der Waals surface area contributed by atoms with Crippen LogP contribution in [0.4, 0.5) is 5.69 Å². The molecule has 5 N–H and O–H groups in total. The van der Waals surface area contributed by atoms with Gasteiger partial charge in [0.1, 0.15) is 17.3 Å². The Kier molecular flexibility index (Phi) is 7.05. The molecule has 0 saturated heterocycles. The molecule has 3 aliphatic rings. The summed E-state index contributed by atoms with van der Waals surface area (Å²) in [5, 5.41) is 35.1. The van der Waals surface area contributed by atoms with E-state index in [-0.39, 0.29) is 34.8 Å². The van der Waals surface area contributed by atoms with Crippen molar-refractivity contribution in [1.29, 1.82) is 0 Å². The largest absolute Gasteiger partial charge is 0.511 e. The van der Waals surface area contributed by atoms with Crippen molar-refractivity contribution in [3.05, 3.63) is 76.4 Å². The second kappa shape index (κ2) is 9.59. The molecule has 0 saturated carbocycles. The fraction of sp³-hybridized carbons (Fsp3) is 0.515. The summed E-state index contributed by atoms with van der Waals surface area (Å²) >= 11 is 0. The molecule has 0 radical (unpaired) electrons. The summed E-state index contributed by atoms with van der Waals surface area (Å²) in [5.41, 5.74) is 11.4. The highest BCUT2D eigenvalue weighted by molar-refractivity contribution is 5.89. The van der Waals surface area contributed by atoms with Gasteiger partial charge in [-0.2, -0.15) is 0 Å². The number of aryl methyl sites for hydroxylation is 1. The number of phenolic OH excluding ortho intramolecular Hbond substituents is 1. The fourth-order valence-corrected chi connectivity index (χ4v) is 7.80. The molecule has 1 unspecified atom stereocenters. The molecule has 4 rings (SSSR count). The topological polar surface area (TPSA) is 90.0 Å². The molecule has 206 valence electrons. The number of allylic oxidation sites excluding steroid dienone is 5. The maximum Gasteiger partial charge on any atom is 0.127 e. The number of hydrogen-bond donors (Lipinski definition) is 4. The van der Waals surface area contributed by atoms with Gasteiger partial charge in [0, 0.05) is 48.1 Å². The minimum atomic E-state index is -0.872. The number of nitrogens with zero attached hydrogens (tertiary/aromatic N) is 1. The van der Waals surface area contributed by atoms with E-state index in [1.54, 1.807) is 0 Å². The zero-order valence-electron chi connectivity index (χ0n) is 24.2. The Hall–Kier alpha value is -3.08. The van der Waals surface area contributed by atoms with Crippen molar-refractivity contribution in [1.82, 2.24) is 0 Å². The van der Waals surface area contributed by atoms with Crippen LogP contribution in [-0.2, 0) is 12.8 Å². The molecule has 0 spiro atoms. The van der Waals surface area contributed by atoms with Gasteiger partial charge in [-0.25, -0.2) is 0 Å². The molecule has 4 atom stereocenters. The first-order valence-corrected chi connectivity index (χ1v) is 14.0. The van der Waals surface area contributed by atoms with Gasteiger partial charge in [-0.3, -0.25) is 0 Å². The monoisotopic (exact) mass is 518 g/mol. The number of anilines is 1. The highest BCUT2D eigenvalue weighted by Crippen LogP contribution is 2.69. The number of rotatable bonds is 7. The van der Waals surface area contributed by atoms with Crippen molar-refractivity contribution in [3.8, 4) is 5.75 Å². The van der Waals surface area contributed by atoms with E-state index in [2.05, 4.69) is 51.5 Å². The lowest BCUT2D eigenvalue weighted by Gasteiger charge is -2.60. The van der Waals surface area contributed by atoms with E-state index in [0.717, 1.165) is 60.1 Å². The number of hydrogen-bond acceptors (Lipinski definition) is 5. The Labute approximate surface area is 228 Å². The van der Waals surface area contributed by atoms with Gasteiger partial charge in [0.2, 0.25) is 0 Å². The molecule has 5 nitrogen and oxygen atoms in total. The molecule has 5 heteroatoms. The van der Waals surface area contributed by atoms with E-state index in [4.69, 9.17) is 5.73 Å². The van der Waals surface area contributed by atoms with E-state index in [1.807, 2.05) is 21.0 Å². The van der Waals surface area contributed by atoms with Crippen LogP contribution in [0.2, 0.25) is 0 Å². The maximum atomic E-state index is 12.2. The molecule has 0 amide bonds. The van der Waals surface area contributed by atoms with Gasteiger partial charge in [-0.15, -0.1) is 0 Å². The number of unbranched alkanes of at least 4 members (excludes halogenated alkanes) is 2. The molecular formula is C33H46N2O3. The van der Waals surface area contributed by atoms with Crippen molar-refractivity contribution in [2.45, 2.75) is 72.6 Å². The second-order valence-corrected chi connectivity index (χ2v) is 12.2. The first-order valence-electron chi connectivity index (χ1n) is 14.0. The summed E-state index contributed by atoms with van der Waals surface area (Å²) in [6.07, 6.45) is 6.14. The van der Waals surface area contributed by atoms with Crippen molar-refractivity contribution >= 4 is 11.3 Å². The van der Waals surface area contributed by atoms with Gasteiger partial charge >= 0.3 is 0 Å². The molecule has 0 heterocycles. The van der Waals surface area contributed by atoms with Crippen LogP contribution in [0.1, 0.15) is 76.5 Å². The first kappa shape index (κ1) is 27.9. The standard InChI is InChI=1S/C33H46N2O3/c1-10-12-13-14-21-16-25(35(8)9)23-15-22-17-32(6)24(11-2)30(37)28(20(5)34)19(4)33(32,7)31(38)26(22)18(3)27(23)29(21)36/h16,22,24,36-38H,3-5,10-15,17,34H2,1-2,6-9H3/t22-,24?,32-,33-/m0/s1. The Bertz CT molecular complexity index is 1280. The normalized spacial score (nSPS) is 28.7. The molecule has 1 aromatic rings. The molecule has 0 fully saturated rings. The van der Waals surface area contributed by atoms with Gasteiger partial charge in [0.15, 0.2) is 0 Å². The van der Waals surface area contributed by atoms with Crippen LogP contribution in [0.3, 0.4) is 0 Å². The van der Waals surface area contributed by atoms with Crippen molar-refractivity contribution < 1.29 is 15.3 Å². The summed E-state index contributed by atoms with van der Waals surface area (Å²) in [6, 6.07) is 2.13. The Morgan fingerprint density at radius 2 is 1.79 bits per heavy atom. The highest BCUT2D eigenvalue weighted by Gasteiger charge is 2.63. The lowest BCUT2D eigenvalue weighted by molar-refractivity contribution is -0.0174. The third-order valence-corrected chi connectivity index (χ3v) is 10.0. The fourth-order valence-electron chi connectivity index (χ4n) is 7.80. The predicted molar refractivity (Wildman–Crippen MR) is 158 cm³/mol. The third kappa shape index (κ3) is 3.65.